The number of furan rings is 1. The van der Waals surface area contributed by atoms with Gasteiger partial charge in [-0.05, 0) is 112 Å². The number of fused-ring (bicyclic) bond motifs is 6. The van der Waals surface area contributed by atoms with Crippen molar-refractivity contribution in [2.75, 3.05) is 0 Å². The molecule has 0 amide bonds. The third-order valence-electron chi connectivity index (χ3n) is 10.8. The molecular weight excluding hydrogens is 641 g/mol. The van der Waals surface area contributed by atoms with Crippen molar-refractivity contribution in [2.24, 2.45) is 0 Å². The minimum Gasteiger partial charge on any atom is -0.456 e. The molecule has 1 heteroatoms. The molecule has 0 saturated carbocycles. The number of hydrogen-bond acceptors (Lipinski definition) is 1. The van der Waals surface area contributed by atoms with Crippen molar-refractivity contribution in [3.8, 4) is 44.5 Å². The highest BCUT2D eigenvalue weighted by molar-refractivity contribution is 6.10. The van der Waals surface area contributed by atoms with Gasteiger partial charge in [-0.2, -0.15) is 0 Å². The minimum absolute atomic E-state index is 0.909. The molecule has 0 N–H and O–H groups in total. The summed E-state index contributed by atoms with van der Waals surface area (Å²) in [5.41, 5.74) is 11.2. The quantitative estimate of drug-likeness (QED) is 0.177. The normalized spacial score (nSPS) is 12.0. The van der Waals surface area contributed by atoms with Gasteiger partial charge in [0.05, 0.1) is 0 Å². The molecule has 0 aliphatic carbocycles. The second kappa shape index (κ2) is 12.4. The molecule has 10 rings (SSSR count). The Hall–Kier alpha value is -6.96. The van der Waals surface area contributed by atoms with Crippen LogP contribution in [-0.4, -0.2) is 0 Å². The second-order valence-corrected chi connectivity index (χ2v) is 13.7. The standard InChI is InChI=1S/C52H34O/c1-3-12-40-33(2)51(39-26-21-34-13-4-5-14-37(34)31-39)46-18-8-9-19-47(46)52(40)36-24-22-35(23-25-36)41-28-29-42(44-16-7-6-15-43(41)44)38-27-30-50-48(32-38)45-17-10-11-20-49(45)53-50/h3-32H,1-2H2/b40-12+. The van der Waals surface area contributed by atoms with Crippen molar-refractivity contribution >= 4 is 66.9 Å². The molecule has 0 aliphatic heterocycles. The van der Waals surface area contributed by atoms with E-state index in [0.29, 0.717) is 0 Å². The van der Waals surface area contributed by atoms with E-state index in [1.54, 1.807) is 0 Å². The van der Waals surface area contributed by atoms with Crippen LogP contribution in [0.1, 0.15) is 0 Å². The first kappa shape index (κ1) is 30.8. The largest absolute Gasteiger partial charge is 0.456 e. The molecule has 248 valence electrons. The first-order valence-electron chi connectivity index (χ1n) is 18.1. The fraction of sp³-hybridized carbons (Fsp3) is 0. The number of rotatable bonds is 5. The van der Waals surface area contributed by atoms with Crippen molar-refractivity contribution in [2.45, 2.75) is 0 Å². The lowest BCUT2D eigenvalue weighted by Gasteiger charge is -2.16. The number of hydrogen-bond donors (Lipinski definition) is 0. The smallest absolute Gasteiger partial charge is 0.135 e. The molecular formula is C52H34O. The molecule has 0 atom stereocenters. The number of allylic oxidation sites excluding steroid dienone is 1. The monoisotopic (exact) mass is 674 g/mol. The van der Waals surface area contributed by atoms with E-state index in [2.05, 4.69) is 170 Å². The number of benzene rings is 9. The Morgan fingerprint density at radius 2 is 0.943 bits per heavy atom. The highest BCUT2D eigenvalue weighted by atomic mass is 16.3. The lowest BCUT2D eigenvalue weighted by atomic mass is 9.87. The van der Waals surface area contributed by atoms with Crippen LogP contribution in [0.15, 0.2) is 187 Å². The second-order valence-electron chi connectivity index (χ2n) is 13.7. The van der Waals surface area contributed by atoms with Crippen LogP contribution in [0.4, 0.5) is 0 Å². The first-order valence-corrected chi connectivity index (χ1v) is 18.1. The Bertz CT molecular complexity index is 3200. The van der Waals surface area contributed by atoms with Crippen LogP contribution >= 0.6 is 0 Å². The SMILES string of the molecule is C=C/C=c1/c(-c2ccc(-c3ccc(-c4ccc5oc6ccccc6c5c4)c4ccccc34)cc2)c2ccccc2c(-c2ccc3ccccc3c2)c1=C. The molecule has 1 aromatic heterocycles. The first-order chi connectivity index (χ1) is 26.2. The van der Waals surface area contributed by atoms with Gasteiger partial charge >= 0.3 is 0 Å². The molecule has 0 radical (unpaired) electrons. The van der Waals surface area contributed by atoms with Crippen LogP contribution in [0.5, 0.6) is 0 Å². The summed E-state index contributed by atoms with van der Waals surface area (Å²) in [7, 11) is 0. The van der Waals surface area contributed by atoms with E-state index in [1.165, 1.54) is 65.7 Å². The van der Waals surface area contributed by atoms with Crippen LogP contribution in [0.2, 0.25) is 0 Å². The zero-order chi connectivity index (χ0) is 35.5. The molecule has 0 spiro atoms. The van der Waals surface area contributed by atoms with E-state index in [1.807, 2.05) is 18.2 Å². The summed E-state index contributed by atoms with van der Waals surface area (Å²) in [6, 6.07) is 61.0. The maximum Gasteiger partial charge on any atom is 0.135 e. The van der Waals surface area contributed by atoms with Crippen LogP contribution in [-0.2, 0) is 0 Å². The fourth-order valence-corrected chi connectivity index (χ4v) is 8.31. The maximum atomic E-state index is 6.13. The Kier molecular flexibility index (Phi) is 7.19. The van der Waals surface area contributed by atoms with Gasteiger partial charge < -0.3 is 4.42 Å². The van der Waals surface area contributed by atoms with Gasteiger partial charge in [0.15, 0.2) is 0 Å². The summed E-state index contributed by atoms with van der Waals surface area (Å²) in [6.07, 6.45) is 3.99. The van der Waals surface area contributed by atoms with Gasteiger partial charge in [-0.15, -0.1) is 0 Å². The Morgan fingerprint density at radius 1 is 0.396 bits per heavy atom. The topological polar surface area (TPSA) is 13.1 Å². The van der Waals surface area contributed by atoms with Gasteiger partial charge in [0, 0.05) is 10.8 Å². The lowest BCUT2D eigenvalue weighted by molar-refractivity contribution is 0.669. The Morgan fingerprint density at radius 3 is 1.68 bits per heavy atom. The van der Waals surface area contributed by atoms with Gasteiger partial charge in [-0.1, -0.05) is 171 Å². The zero-order valence-electron chi connectivity index (χ0n) is 29.1. The predicted molar refractivity (Wildman–Crippen MR) is 227 cm³/mol. The molecule has 1 nitrogen and oxygen atoms in total. The highest BCUT2D eigenvalue weighted by Gasteiger charge is 2.16. The Balaban J connectivity index is 1.10. The van der Waals surface area contributed by atoms with Gasteiger partial charge in [0.2, 0.25) is 0 Å². The molecule has 53 heavy (non-hydrogen) atoms. The lowest BCUT2D eigenvalue weighted by Crippen LogP contribution is -2.28. The van der Waals surface area contributed by atoms with Gasteiger partial charge in [0.1, 0.15) is 11.2 Å². The number of para-hydroxylation sites is 1. The van der Waals surface area contributed by atoms with Crippen molar-refractivity contribution in [3.63, 3.8) is 0 Å². The molecule has 0 aliphatic rings. The van der Waals surface area contributed by atoms with Crippen molar-refractivity contribution in [1.29, 1.82) is 0 Å². The van der Waals surface area contributed by atoms with E-state index >= 15 is 0 Å². The summed E-state index contributed by atoms with van der Waals surface area (Å²) < 4.78 is 6.13. The molecule has 10 aromatic rings. The van der Waals surface area contributed by atoms with E-state index in [9.17, 15) is 0 Å². The Labute approximate surface area is 307 Å². The molecule has 0 saturated heterocycles. The van der Waals surface area contributed by atoms with Gasteiger partial charge in [-0.25, -0.2) is 0 Å². The summed E-state index contributed by atoms with van der Waals surface area (Å²) >= 11 is 0. The van der Waals surface area contributed by atoms with Gasteiger partial charge in [-0.3, -0.25) is 0 Å². The third-order valence-corrected chi connectivity index (χ3v) is 10.8. The van der Waals surface area contributed by atoms with Crippen molar-refractivity contribution in [3.05, 3.63) is 193 Å². The minimum atomic E-state index is 0.909. The molecule has 0 unspecified atom stereocenters. The average Bonchev–Trinajstić information content (AvgIpc) is 3.59. The summed E-state index contributed by atoms with van der Waals surface area (Å²) in [4.78, 5) is 0. The van der Waals surface area contributed by atoms with Crippen LogP contribution in [0.3, 0.4) is 0 Å². The van der Waals surface area contributed by atoms with E-state index in [4.69, 9.17) is 11.0 Å². The molecule has 0 fully saturated rings. The van der Waals surface area contributed by atoms with Crippen LogP contribution < -0.4 is 10.4 Å². The predicted octanol–water partition coefficient (Wildman–Crippen LogP) is 13.1. The zero-order valence-corrected chi connectivity index (χ0v) is 29.1. The van der Waals surface area contributed by atoms with E-state index in [0.717, 1.165) is 43.5 Å². The fourth-order valence-electron chi connectivity index (χ4n) is 8.31. The van der Waals surface area contributed by atoms with Crippen molar-refractivity contribution < 1.29 is 4.42 Å². The average molecular weight is 675 g/mol. The summed E-state index contributed by atoms with van der Waals surface area (Å²) in [6.45, 7) is 8.81. The van der Waals surface area contributed by atoms with Crippen LogP contribution in [0, 0.1) is 0 Å². The maximum absolute atomic E-state index is 6.13. The van der Waals surface area contributed by atoms with Gasteiger partial charge in [0.25, 0.3) is 0 Å². The summed E-state index contributed by atoms with van der Waals surface area (Å²) in [5.74, 6) is 0. The van der Waals surface area contributed by atoms with Crippen molar-refractivity contribution in [1.82, 2.24) is 0 Å². The molecule has 9 aromatic carbocycles. The third kappa shape index (κ3) is 5.01. The molecule has 1 heterocycles. The van der Waals surface area contributed by atoms with E-state index in [-0.39, 0.29) is 0 Å². The summed E-state index contributed by atoms with van der Waals surface area (Å²) in [5, 5.41) is 11.6. The van der Waals surface area contributed by atoms with Crippen LogP contribution in [0.25, 0.3) is 111 Å². The highest BCUT2D eigenvalue weighted by Crippen LogP contribution is 2.39. The van der Waals surface area contributed by atoms with E-state index < -0.39 is 0 Å². The molecule has 0 bridgehead atoms.